The van der Waals surface area contributed by atoms with Gasteiger partial charge in [0, 0.05) is 0 Å². The average molecular weight is 418 g/mol. The van der Waals surface area contributed by atoms with Crippen molar-refractivity contribution >= 4 is 17.4 Å². The Labute approximate surface area is 169 Å². The smallest absolute Gasteiger partial charge is 0.282 e. The van der Waals surface area contributed by atoms with Gasteiger partial charge in [0.15, 0.2) is 0 Å². The minimum atomic E-state index is -4.00. The first-order chi connectivity index (χ1) is 12.8. The van der Waals surface area contributed by atoms with Gasteiger partial charge < -0.3 is 0 Å². The molecule has 1 N–H and O–H groups in total. The molecule has 0 aliphatic rings. The summed E-state index contributed by atoms with van der Waals surface area (Å²) in [6, 6.07) is 7.42. The van der Waals surface area contributed by atoms with Gasteiger partial charge in [-0.05, 0) is 62.5 Å². The summed E-state index contributed by atoms with van der Waals surface area (Å²) in [6.45, 7) is 9.42. The lowest BCUT2D eigenvalue weighted by Gasteiger charge is -2.37. The zero-order chi connectivity index (χ0) is 20.6. The van der Waals surface area contributed by atoms with E-state index in [9.17, 15) is 8.42 Å². The fourth-order valence-corrected chi connectivity index (χ4v) is 9.03. The van der Waals surface area contributed by atoms with Crippen LogP contribution in [-0.2, 0) is 10.1 Å². The fourth-order valence-electron chi connectivity index (χ4n) is 3.24. The molecule has 0 aliphatic heterocycles. The van der Waals surface area contributed by atoms with Crippen molar-refractivity contribution in [3.05, 3.63) is 30.3 Å². The molecule has 1 aromatic carbocycles. The van der Waals surface area contributed by atoms with Crippen LogP contribution < -0.4 is 0 Å². The lowest BCUT2D eigenvalue weighted by Crippen LogP contribution is -2.12. The maximum absolute atomic E-state index is 10.4. The topological polar surface area (TPSA) is 54.4 Å². The van der Waals surface area contributed by atoms with Crippen molar-refractivity contribution in [2.75, 3.05) is 24.6 Å². The summed E-state index contributed by atoms with van der Waals surface area (Å²) in [7, 11) is -4.57. The Morgan fingerprint density at radius 2 is 1.04 bits per heavy atom. The van der Waals surface area contributed by atoms with Crippen LogP contribution >= 0.6 is 7.26 Å². The van der Waals surface area contributed by atoms with Crippen molar-refractivity contribution in [1.82, 2.24) is 0 Å². The molecule has 27 heavy (non-hydrogen) atoms. The Bertz CT molecular complexity index is 521. The highest BCUT2D eigenvalue weighted by Crippen LogP contribution is 2.61. The van der Waals surface area contributed by atoms with Crippen molar-refractivity contribution in [1.29, 1.82) is 0 Å². The molecule has 0 unspecified atom stereocenters. The van der Waals surface area contributed by atoms with Gasteiger partial charge in [0.25, 0.3) is 10.1 Å². The van der Waals surface area contributed by atoms with Crippen LogP contribution in [0.5, 0.6) is 0 Å². The Morgan fingerprint density at radius 1 is 0.704 bits per heavy atom. The first kappa shape index (κ1) is 26.6. The number of hydrogen-bond acceptors (Lipinski definition) is 2. The third-order valence-corrected chi connectivity index (χ3v) is 10.9. The molecular formula is C22H42O3PS. The van der Waals surface area contributed by atoms with Crippen LogP contribution in [0.3, 0.4) is 0 Å². The SMILES string of the molecule is CCCC[P](CCCC)(CCCC)CCCC.O=S(=O)(O)c1ccccc1. The molecule has 0 fully saturated rings. The van der Waals surface area contributed by atoms with Gasteiger partial charge >= 0.3 is 0 Å². The zero-order valence-electron chi connectivity index (χ0n) is 18.0. The van der Waals surface area contributed by atoms with Gasteiger partial charge in [0.05, 0.1) is 4.90 Å². The number of hydrogen-bond donors (Lipinski definition) is 1. The Morgan fingerprint density at radius 3 is 1.26 bits per heavy atom. The highest BCUT2D eigenvalue weighted by molar-refractivity contribution is 7.85. The summed E-state index contributed by atoms with van der Waals surface area (Å²) in [4.78, 5) is -0.0741. The third-order valence-electron chi connectivity index (χ3n) is 4.99. The van der Waals surface area contributed by atoms with E-state index >= 15 is 0 Å². The van der Waals surface area contributed by atoms with Crippen LogP contribution in [0, 0.1) is 0 Å². The molecule has 0 amide bonds. The van der Waals surface area contributed by atoms with Crippen LogP contribution in [-0.4, -0.2) is 37.6 Å². The fraction of sp³-hybridized carbons (Fsp3) is 0.727. The van der Waals surface area contributed by atoms with Gasteiger partial charge in [-0.2, -0.15) is 8.42 Å². The average Bonchev–Trinajstić information content (AvgIpc) is 2.67. The maximum Gasteiger partial charge on any atom is 0.294 e. The second-order valence-electron chi connectivity index (χ2n) is 7.44. The van der Waals surface area contributed by atoms with Gasteiger partial charge in [-0.25, -0.2) is 0 Å². The molecular weight excluding hydrogens is 375 g/mol. The molecule has 0 aromatic heterocycles. The van der Waals surface area contributed by atoms with Gasteiger partial charge in [0.2, 0.25) is 0 Å². The standard InChI is InChI=1S/C16H36P.C6H6O3S/c1-5-9-13-17(14-10-6-2,15-11-7-3)16-12-8-4;7-10(8,9)6-4-2-1-3-5-6/h5-16H2,1-4H3;1-5H,(H,7,8,9). The summed E-state index contributed by atoms with van der Waals surface area (Å²) < 4.78 is 29.2. The van der Waals surface area contributed by atoms with Gasteiger partial charge in [-0.1, -0.05) is 71.6 Å². The monoisotopic (exact) mass is 417 g/mol. The highest BCUT2D eigenvalue weighted by Gasteiger charge is 2.24. The van der Waals surface area contributed by atoms with E-state index < -0.39 is 17.4 Å². The minimum Gasteiger partial charge on any atom is -0.282 e. The normalized spacial score (nSPS) is 11.7. The summed E-state index contributed by atoms with van der Waals surface area (Å²) in [5.41, 5.74) is 0. The van der Waals surface area contributed by atoms with Crippen molar-refractivity contribution in [2.24, 2.45) is 0 Å². The Hall–Kier alpha value is -0.440. The quantitative estimate of drug-likeness (QED) is 0.274. The van der Waals surface area contributed by atoms with Crippen molar-refractivity contribution in [3.8, 4) is 0 Å². The lowest BCUT2D eigenvalue weighted by atomic mass is 10.4. The molecule has 1 radical (unpaired) electrons. The largest absolute Gasteiger partial charge is 0.294 e. The van der Waals surface area contributed by atoms with Crippen molar-refractivity contribution in [2.45, 2.75) is 84.0 Å². The molecule has 1 aromatic rings. The van der Waals surface area contributed by atoms with Gasteiger partial charge in [0.1, 0.15) is 0 Å². The molecule has 0 bridgehead atoms. The number of benzene rings is 1. The molecule has 159 valence electrons. The van der Waals surface area contributed by atoms with E-state index in [0.717, 1.165) is 0 Å². The number of unbranched alkanes of at least 4 members (excludes halogenated alkanes) is 4. The maximum atomic E-state index is 10.4. The first-order valence-corrected chi connectivity index (χ1v) is 14.7. The van der Waals surface area contributed by atoms with E-state index in [0.29, 0.717) is 0 Å². The zero-order valence-corrected chi connectivity index (χ0v) is 19.7. The van der Waals surface area contributed by atoms with E-state index in [1.165, 1.54) is 63.5 Å². The van der Waals surface area contributed by atoms with E-state index in [1.807, 2.05) is 0 Å². The highest BCUT2D eigenvalue weighted by atomic mass is 32.2. The van der Waals surface area contributed by atoms with Crippen LogP contribution in [0.25, 0.3) is 0 Å². The molecule has 0 spiro atoms. The number of rotatable bonds is 13. The van der Waals surface area contributed by atoms with Gasteiger partial charge in [-0.15, -0.1) is 7.26 Å². The second kappa shape index (κ2) is 15.5. The predicted molar refractivity (Wildman–Crippen MR) is 122 cm³/mol. The summed E-state index contributed by atoms with van der Waals surface area (Å²) in [5, 5.41) is 0. The van der Waals surface area contributed by atoms with Crippen LogP contribution in [0.2, 0.25) is 0 Å². The summed E-state index contributed by atoms with van der Waals surface area (Å²) in [5.74, 6) is 0. The van der Waals surface area contributed by atoms with Crippen molar-refractivity contribution < 1.29 is 13.0 Å². The van der Waals surface area contributed by atoms with Crippen LogP contribution in [0.15, 0.2) is 35.2 Å². The second-order valence-corrected chi connectivity index (χ2v) is 13.3. The van der Waals surface area contributed by atoms with E-state index in [-0.39, 0.29) is 4.90 Å². The Balaban J connectivity index is 0.000000569. The van der Waals surface area contributed by atoms with E-state index in [1.54, 1.807) is 42.8 Å². The Kier molecular flexibility index (Phi) is 15.2. The molecule has 0 saturated carbocycles. The molecule has 0 aliphatic carbocycles. The molecule has 0 atom stereocenters. The van der Waals surface area contributed by atoms with Crippen LogP contribution in [0.4, 0.5) is 0 Å². The lowest BCUT2D eigenvalue weighted by molar-refractivity contribution is 0.483. The van der Waals surface area contributed by atoms with Crippen LogP contribution in [0.1, 0.15) is 79.1 Å². The minimum absolute atomic E-state index is 0.0741. The van der Waals surface area contributed by atoms with Gasteiger partial charge in [-0.3, -0.25) is 4.55 Å². The first-order valence-electron chi connectivity index (χ1n) is 10.7. The molecule has 5 heteroatoms. The molecule has 1 rings (SSSR count). The summed E-state index contributed by atoms with van der Waals surface area (Å²) in [6.07, 6.45) is 17.9. The van der Waals surface area contributed by atoms with Crippen molar-refractivity contribution in [3.63, 3.8) is 0 Å². The molecule has 0 saturated heterocycles. The van der Waals surface area contributed by atoms with E-state index in [4.69, 9.17) is 4.55 Å². The van der Waals surface area contributed by atoms with E-state index in [2.05, 4.69) is 27.7 Å². The predicted octanol–water partition coefficient (Wildman–Crippen LogP) is 7.14. The third kappa shape index (κ3) is 12.6. The molecule has 0 heterocycles. The molecule has 3 nitrogen and oxygen atoms in total. The summed E-state index contributed by atoms with van der Waals surface area (Å²) >= 11 is 0.